The summed E-state index contributed by atoms with van der Waals surface area (Å²) in [6.45, 7) is 4.90. The molecule has 0 spiro atoms. The fourth-order valence-electron chi connectivity index (χ4n) is 1.40. The summed E-state index contributed by atoms with van der Waals surface area (Å²) in [5.74, 6) is 0. The van der Waals surface area contributed by atoms with E-state index >= 15 is 0 Å². The Balaban J connectivity index is 2.49. The van der Waals surface area contributed by atoms with E-state index in [9.17, 15) is 13.2 Å². The number of amides is 2. The van der Waals surface area contributed by atoms with Gasteiger partial charge in [-0.3, -0.25) is 0 Å². The maximum Gasteiger partial charge on any atom is 0.321 e. The van der Waals surface area contributed by atoms with Gasteiger partial charge >= 0.3 is 6.03 Å². The van der Waals surface area contributed by atoms with E-state index in [1.54, 1.807) is 4.90 Å². The lowest BCUT2D eigenvalue weighted by molar-refractivity contribution is 0.176. The third-order valence-corrected chi connectivity index (χ3v) is 3.52. The Bertz CT molecular complexity index is 344. The van der Waals surface area contributed by atoms with E-state index in [-0.39, 0.29) is 6.03 Å². The van der Waals surface area contributed by atoms with Crippen LogP contribution in [0.1, 0.15) is 0 Å². The summed E-state index contributed by atoms with van der Waals surface area (Å²) in [6.07, 6.45) is 2.48. The highest BCUT2D eigenvalue weighted by Crippen LogP contribution is 2.05. The maximum atomic E-state index is 11.3. The zero-order chi connectivity index (χ0) is 11.5. The molecule has 0 atom stereocenters. The highest BCUT2D eigenvalue weighted by atomic mass is 32.2. The van der Waals surface area contributed by atoms with Crippen LogP contribution < -0.4 is 5.32 Å². The van der Waals surface area contributed by atoms with Crippen LogP contribution in [0.4, 0.5) is 4.79 Å². The highest BCUT2D eigenvalue weighted by Gasteiger charge is 2.25. The average molecular weight is 233 g/mol. The van der Waals surface area contributed by atoms with Crippen molar-refractivity contribution in [2.75, 3.05) is 32.4 Å². The van der Waals surface area contributed by atoms with Crippen LogP contribution in [-0.4, -0.2) is 56.1 Å². The van der Waals surface area contributed by atoms with Crippen molar-refractivity contribution in [1.82, 2.24) is 14.5 Å². The van der Waals surface area contributed by atoms with Crippen LogP contribution in [0.15, 0.2) is 12.8 Å². The van der Waals surface area contributed by atoms with Crippen molar-refractivity contribution >= 4 is 16.1 Å². The lowest BCUT2D eigenvalue weighted by Gasteiger charge is -2.32. The van der Waals surface area contributed by atoms with Gasteiger partial charge in [-0.05, 0) is 6.20 Å². The largest absolute Gasteiger partial charge is 0.322 e. The van der Waals surface area contributed by atoms with Gasteiger partial charge in [0, 0.05) is 26.2 Å². The van der Waals surface area contributed by atoms with E-state index in [0.717, 1.165) is 0 Å². The van der Waals surface area contributed by atoms with E-state index in [2.05, 4.69) is 11.9 Å². The minimum Gasteiger partial charge on any atom is -0.322 e. The van der Waals surface area contributed by atoms with Crippen LogP contribution in [0, 0.1) is 0 Å². The molecule has 1 aliphatic heterocycles. The van der Waals surface area contributed by atoms with Crippen LogP contribution in [0.2, 0.25) is 0 Å². The van der Waals surface area contributed by atoms with Crippen LogP contribution in [0.5, 0.6) is 0 Å². The topological polar surface area (TPSA) is 69.7 Å². The number of hydrogen-bond acceptors (Lipinski definition) is 3. The Morgan fingerprint density at radius 3 is 2.27 bits per heavy atom. The lowest BCUT2D eigenvalue weighted by Crippen LogP contribution is -2.52. The van der Waals surface area contributed by atoms with E-state index in [4.69, 9.17) is 0 Å². The Morgan fingerprint density at radius 1 is 1.33 bits per heavy atom. The molecule has 0 radical (unpaired) electrons. The molecule has 1 heterocycles. The minimum absolute atomic E-state index is 0.238. The quantitative estimate of drug-likeness (QED) is 0.693. The number of piperazine rings is 1. The third-order valence-electron chi connectivity index (χ3n) is 2.22. The van der Waals surface area contributed by atoms with Gasteiger partial charge in [0.2, 0.25) is 10.0 Å². The van der Waals surface area contributed by atoms with Gasteiger partial charge in [0.25, 0.3) is 0 Å². The lowest BCUT2D eigenvalue weighted by atomic mass is 10.4. The number of sulfonamides is 1. The van der Waals surface area contributed by atoms with Gasteiger partial charge in [0.15, 0.2) is 0 Å². The second kappa shape index (κ2) is 4.63. The molecule has 0 unspecified atom stereocenters. The smallest absolute Gasteiger partial charge is 0.321 e. The van der Waals surface area contributed by atoms with Crippen molar-refractivity contribution in [2.45, 2.75) is 0 Å². The number of rotatable bonds is 2. The second-order valence-electron chi connectivity index (χ2n) is 3.30. The molecule has 86 valence electrons. The first-order valence-corrected chi connectivity index (χ1v) is 6.41. The molecule has 6 nitrogen and oxygen atoms in total. The van der Waals surface area contributed by atoms with Crippen molar-refractivity contribution in [3.63, 3.8) is 0 Å². The molecular formula is C8H15N3O3S. The van der Waals surface area contributed by atoms with Crippen molar-refractivity contribution < 1.29 is 13.2 Å². The van der Waals surface area contributed by atoms with Gasteiger partial charge in [-0.2, -0.15) is 4.31 Å². The van der Waals surface area contributed by atoms with E-state index in [1.165, 1.54) is 16.8 Å². The molecule has 1 N–H and O–H groups in total. The van der Waals surface area contributed by atoms with Crippen molar-refractivity contribution in [3.05, 3.63) is 12.8 Å². The summed E-state index contributed by atoms with van der Waals surface area (Å²) in [6, 6.07) is -0.238. The summed E-state index contributed by atoms with van der Waals surface area (Å²) in [4.78, 5) is 12.9. The summed E-state index contributed by atoms with van der Waals surface area (Å²) in [5, 5.41) is 2.45. The molecule has 1 rings (SSSR count). The molecule has 0 aromatic carbocycles. The van der Waals surface area contributed by atoms with Crippen molar-refractivity contribution in [3.8, 4) is 0 Å². The molecule has 1 aliphatic rings. The minimum atomic E-state index is -3.13. The normalized spacial score (nSPS) is 18.6. The second-order valence-corrected chi connectivity index (χ2v) is 5.29. The van der Waals surface area contributed by atoms with Crippen molar-refractivity contribution in [1.29, 1.82) is 0 Å². The van der Waals surface area contributed by atoms with Crippen LogP contribution in [0.25, 0.3) is 0 Å². The van der Waals surface area contributed by atoms with Gasteiger partial charge in [0.05, 0.1) is 6.26 Å². The van der Waals surface area contributed by atoms with Gasteiger partial charge in [-0.15, -0.1) is 0 Å². The summed E-state index contributed by atoms with van der Waals surface area (Å²) >= 11 is 0. The number of hydrogen-bond donors (Lipinski definition) is 1. The fourth-order valence-corrected chi connectivity index (χ4v) is 2.23. The molecule has 1 saturated heterocycles. The highest BCUT2D eigenvalue weighted by molar-refractivity contribution is 7.88. The first-order valence-electron chi connectivity index (χ1n) is 4.56. The van der Waals surface area contributed by atoms with Crippen LogP contribution in [-0.2, 0) is 10.0 Å². The van der Waals surface area contributed by atoms with E-state index in [0.29, 0.717) is 26.2 Å². The number of carbonyl (C=O) groups excluding carboxylic acids is 1. The molecule has 2 amide bonds. The first kappa shape index (κ1) is 12.0. The molecule has 7 heteroatoms. The standard InChI is InChI=1S/C8H15N3O3S/c1-3-9-8(12)10-4-6-11(7-5-10)15(2,13)14/h3H,1,4-7H2,2H3,(H,9,12). The number of nitrogens with zero attached hydrogens (tertiary/aromatic N) is 2. The monoisotopic (exact) mass is 233 g/mol. The molecule has 15 heavy (non-hydrogen) atoms. The zero-order valence-electron chi connectivity index (χ0n) is 8.64. The first-order chi connectivity index (χ1) is 6.95. The van der Waals surface area contributed by atoms with Gasteiger partial charge in [0.1, 0.15) is 0 Å². The Hall–Kier alpha value is -1.08. The van der Waals surface area contributed by atoms with Gasteiger partial charge in [-0.1, -0.05) is 6.58 Å². The molecule has 0 aromatic heterocycles. The zero-order valence-corrected chi connectivity index (χ0v) is 9.46. The third kappa shape index (κ3) is 3.21. The number of nitrogens with one attached hydrogen (secondary N) is 1. The maximum absolute atomic E-state index is 11.3. The van der Waals surface area contributed by atoms with Crippen LogP contribution >= 0.6 is 0 Å². The predicted molar refractivity (Wildman–Crippen MR) is 56.7 cm³/mol. The fraction of sp³-hybridized carbons (Fsp3) is 0.625. The predicted octanol–water partition coefficient (Wildman–Crippen LogP) is -0.583. The Labute approximate surface area is 89.6 Å². The SMILES string of the molecule is C=CNC(=O)N1CCN(S(C)(=O)=O)CC1. The molecule has 0 aromatic rings. The van der Waals surface area contributed by atoms with Crippen molar-refractivity contribution in [2.24, 2.45) is 0 Å². The number of urea groups is 1. The van der Waals surface area contributed by atoms with Gasteiger partial charge in [-0.25, -0.2) is 13.2 Å². The van der Waals surface area contributed by atoms with Gasteiger partial charge < -0.3 is 10.2 Å². The number of carbonyl (C=O) groups is 1. The molecular weight excluding hydrogens is 218 g/mol. The Morgan fingerprint density at radius 2 is 1.87 bits per heavy atom. The molecule has 1 fully saturated rings. The molecule has 0 bridgehead atoms. The summed E-state index contributed by atoms with van der Waals surface area (Å²) in [7, 11) is -3.13. The van der Waals surface area contributed by atoms with Crippen LogP contribution in [0.3, 0.4) is 0 Å². The summed E-state index contributed by atoms with van der Waals surface area (Å²) in [5.41, 5.74) is 0. The van der Waals surface area contributed by atoms with E-state index < -0.39 is 10.0 Å². The summed E-state index contributed by atoms with van der Waals surface area (Å²) < 4.78 is 23.7. The Kier molecular flexibility index (Phi) is 3.70. The average Bonchev–Trinajstić information content (AvgIpc) is 2.17. The molecule has 0 aliphatic carbocycles. The van der Waals surface area contributed by atoms with E-state index in [1.807, 2.05) is 0 Å². The molecule has 0 saturated carbocycles.